The van der Waals surface area contributed by atoms with E-state index in [1.54, 1.807) is 11.1 Å². The van der Waals surface area contributed by atoms with E-state index >= 15 is 0 Å². The van der Waals surface area contributed by atoms with Crippen LogP contribution in [0.3, 0.4) is 0 Å². The van der Waals surface area contributed by atoms with Crippen LogP contribution >= 0.6 is 15.2 Å². The maximum Gasteiger partial charge on any atom is 0.0856 e. The summed E-state index contributed by atoms with van der Waals surface area (Å²) in [5.41, 5.74) is 3.12. The van der Waals surface area contributed by atoms with Crippen molar-refractivity contribution in [3.8, 4) is 0 Å². The zero-order valence-corrected chi connectivity index (χ0v) is 24.7. The van der Waals surface area contributed by atoms with Crippen LogP contribution in [0, 0.1) is 0 Å². The number of hydrogen-bond donors (Lipinski definition) is 2. The molecule has 2 N–H and O–H groups in total. The second kappa shape index (κ2) is 9.47. The number of hydrogen-bond acceptors (Lipinski definition) is 2. The smallest absolute Gasteiger partial charge is 0.0856 e. The van der Waals surface area contributed by atoms with Gasteiger partial charge in [0.05, 0.1) is 34.8 Å². The first-order chi connectivity index (χ1) is 15.1. The van der Waals surface area contributed by atoms with E-state index in [0.717, 1.165) is 31.8 Å². The third kappa shape index (κ3) is 5.26. The highest BCUT2D eigenvalue weighted by Gasteiger charge is 2.64. The SMILES string of the molecule is CCC[P+]1(Cc2ccccc2CP2C(C)(C)CC(O)CC2(C)C)C(C)(C)CC(O)CC1(C)C. The summed E-state index contributed by atoms with van der Waals surface area (Å²) < 4.78 is 0. The lowest BCUT2D eigenvalue weighted by Crippen LogP contribution is -2.49. The van der Waals surface area contributed by atoms with Gasteiger partial charge in [-0.2, -0.15) is 0 Å². The minimum absolute atomic E-state index is 0.169. The third-order valence-corrected chi connectivity index (χ3v) is 20.2. The van der Waals surface area contributed by atoms with Gasteiger partial charge in [-0.15, -0.1) is 0 Å². The van der Waals surface area contributed by atoms with E-state index in [1.807, 2.05) is 0 Å². The quantitative estimate of drug-likeness (QED) is 0.394. The van der Waals surface area contributed by atoms with Gasteiger partial charge in [-0.05, 0) is 74.6 Å². The maximum atomic E-state index is 10.8. The van der Waals surface area contributed by atoms with Crippen molar-refractivity contribution < 1.29 is 10.2 Å². The van der Waals surface area contributed by atoms with E-state index in [0.29, 0.717) is 0 Å². The maximum absolute atomic E-state index is 10.8. The molecule has 0 saturated carbocycles. The first kappa shape index (κ1) is 27.6. The fourth-order valence-corrected chi connectivity index (χ4v) is 18.6. The molecule has 1 aromatic carbocycles. The van der Waals surface area contributed by atoms with Crippen LogP contribution in [-0.4, -0.2) is 49.2 Å². The van der Waals surface area contributed by atoms with Crippen LogP contribution in [0.4, 0.5) is 0 Å². The predicted octanol–water partition coefficient (Wildman–Crippen LogP) is 8.02. The Morgan fingerprint density at radius 3 is 1.73 bits per heavy atom. The summed E-state index contributed by atoms with van der Waals surface area (Å²) in [5, 5.41) is 22.1. The van der Waals surface area contributed by atoms with Gasteiger partial charge in [-0.25, -0.2) is 0 Å². The molecule has 2 aliphatic heterocycles. The van der Waals surface area contributed by atoms with Gasteiger partial charge < -0.3 is 10.2 Å². The first-order valence-electron chi connectivity index (χ1n) is 13.1. The summed E-state index contributed by atoms with van der Waals surface area (Å²) in [4.78, 5) is 0. The molecule has 3 rings (SSSR count). The zero-order valence-electron chi connectivity index (χ0n) is 22.9. The molecular formula is C29H51O2P2+. The Balaban J connectivity index is 2.02. The lowest BCUT2D eigenvalue weighted by molar-refractivity contribution is 0.121. The fraction of sp³-hybridized carbons (Fsp3) is 0.793. The van der Waals surface area contributed by atoms with Gasteiger partial charge in [0.25, 0.3) is 0 Å². The van der Waals surface area contributed by atoms with Gasteiger partial charge in [0.1, 0.15) is 0 Å². The molecule has 0 amide bonds. The van der Waals surface area contributed by atoms with Crippen LogP contribution in [0.2, 0.25) is 0 Å². The lowest BCUT2D eigenvalue weighted by atomic mass is 9.95. The molecule has 2 nitrogen and oxygen atoms in total. The van der Waals surface area contributed by atoms with Crippen LogP contribution in [0.5, 0.6) is 0 Å². The van der Waals surface area contributed by atoms with Crippen molar-refractivity contribution in [1.29, 1.82) is 0 Å². The Labute approximate surface area is 206 Å². The molecule has 2 aliphatic rings. The lowest BCUT2D eigenvalue weighted by Gasteiger charge is -2.55. The van der Waals surface area contributed by atoms with E-state index in [1.165, 1.54) is 18.7 Å². The normalized spacial score (nSPS) is 34.7. The number of rotatable bonds is 6. The van der Waals surface area contributed by atoms with Crippen molar-refractivity contribution in [3.05, 3.63) is 35.4 Å². The van der Waals surface area contributed by atoms with Gasteiger partial charge >= 0.3 is 0 Å². The number of aliphatic hydroxyl groups is 2. The van der Waals surface area contributed by atoms with Gasteiger partial charge in [0.15, 0.2) is 0 Å². The highest BCUT2D eigenvalue weighted by molar-refractivity contribution is 7.78. The standard InChI is InChI=1S/C29H51O2P2/c1-10-15-33(28(6,7)18-25(31)19-29(33,8)9)21-23-14-12-11-13-22(23)20-32-26(2,3)16-24(30)17-27(32,4)5/h11-14,24-25,30-31H,10,15-21H2,1-9H3/q+1. The Bertz CT molecular complexity index is 791. The Hall–Kier alpha value is -0.0000000000000000416. The topological polar surface area (TPSA) is 40.5 Å². The minimum Gasteiger partial charge on any atom is -0.393 e. The highest BCUT2D eigenvalue weighted by atomic mass is 31.2. The third-order valence-electron chi connectivity index (χ3n) is 9.21. The first-order valence-corrected chi connectivity index (χ1v) is 16.8. The van der Waals surface area contributed by atoms with E-state index in [4.69, 9.17) is 0 Å². The van der Waals surface area contributed by atoms with Crippen LogP contribution < -0.4 is 0 Å². The van der Waals surface area contributed by atoms with Crippen LogP contribution in [-0.2, 0) is 12.3 Å². The van der Waals surface area contributed by atoms with Gasteiger partial charge in [-0.1, -0.05) is 66.8 Å². The van der Waals surface area contributed by atoms with Crippen LogP contribution in [0.1, 0.15) is 106 Å². The average molecular weight is 494 g/mol. The molecule has 0 unspecified atom stereocenters. The predicted molar refractivity (Wildman–Crippen MR) is 150 cm³/mol. The molecule has 0 atom stereocenters. The van der Waals surface area contributed by atoms with E-state index in [-0.39, 0.29) is 40.8 Å². The molecule has 0 aromatic heterocycles. The molecule has 2 fully saturated rings. The number of aliphatic hydroxyl groups excluding tert-OH is 2. The van der Waals surface area contributed by atoms with Gasteiger partial charge in [0, 0.05) is 20.1 Å². The summed E-state index contributed by atoms with van der Waals surface area (Å²) in [7, 11) is -1.67. The second-order valence-corrected chi connectivity index (χ2v) is 22.3. The van der Waals surface area contributed by atoms with Gasteiger partial charge in [0.2, 0.25) is 0 Å². The van der Waals surface area contributed by atoms with Crippen molar-refractivity contribution in [1.82, 2.24) is 0 Å². The van der Waals surface area contributed by atoms with Crippen molar-refractivity contribution in [2.24, 2.45) is 0 Å². The van der Waals surface area contributed by atoms with Crippen LogP contribution in [0.25, 0.3) is 0 Å². The molecule has 33 heavy (non-hydrogen) atoms. The highest BCUT2D eigenvalue weighted by Crippen LogP contribution is 2.82. The molecule has 0 aliphatic carbocycles. The molecule has 0 radical (unpaired) electrons. The van der Waals surface area contributed by atoms with Crippen LogP contribution in [0.15, 0.2) is 24.3 Å². The Morgan fingerprint density at radius 2 is 1.24 bits per heavy atom. The molecule has 2 saturated heterocycles. The summed E-state index contributed by atoms with van der Waals surface area (Å²) >= 11 is 0. The fourth-order valence-electron chi connectivity index (χ4n) is 7.91. The summed E-state index contributed by atoms with van der Waals surface area (Å²) in [6, 6.07) is 9.29. The van der Waals surface area contributed by atoms with E-state index in [9.17, 15) is 10.2 Å². The van der Waals surface area contributed by atoms with E-state index < -0.39 is 7.26 Å². The molecule has 4 heteroatoms. The molecule has 2 heterocycles. The van der Waals surface area contributed by atoms with Crippen molar-refractivity contribution >= 4 is 15.2 Å². The zero-order chi connectivity index (χ0) is 24.9. The Kier molecular flexibility index (Phi) is 7.91. The molecule has 188 valence electrons. The van der Waals surface area contributed by atoms with Crippen molar-refractivity contribution in [2.75, 3.05) is 6.16 Å². The molecular weight excluding hydrogens is 442 g/mol. The Morgan fingerprint density at radius 1 is 0.788 bits per heavy atom. The number of benzene rings is 1. The molecule has 0 bridgehead atoms. The average Bonchev–Trinajstić information content (AvgIpc) is 2.62. The molecule has 0 spiro atoms. The second-order valence-electron chi connectivity index (χ2n) is 13.6. The van der Waals surface area contributed by atoms with E-state index in [2.05, 4.69) is 86.6 Å². The summed E-state index contributed by atoms with van der Waals surface area (Å²) in [5.74, 6) is 0. The monoisotopic (exact) mass is 493 g/mol. The van der Waals surface area contributed by atoms with Gasteiger partial charge in [-0.3, -0.25) is 0 Å². The minimum atomic E-state index is -1.40. The summed E-state index contributed by atoms with van der Waals surface area (Å²) in [6.07, 6.45) is 8.30. The van der Waals surface area contributed by atoms with Crippen molar-refractivity contribution in [2.45, 2.75) is 140 Å². The largest absolute Gasteiger partial charge is 0.393 e. The molecule has 1 aromatic rings. The summed E-state index contributed by atoms with van der Waals surface area (Å²) in [6.45, 7) is 21.8. The van der Waals surface area contributed by atoms with Crippen molar-refractivity contribution in [3.63, 3.8) is 0 Å².